The van der Waals surface area contributed by atoms with E-state index in [9.17, 15) is 0 Å². The molecule has 1 aromatic carbocycles. The Bertz CT molecular complexity index is 613. The molecule has 3 rings (SSSR count). The van der Waals surface area contributed by atoms with E-state index >= 15 is 0 Å². The Kier molecular flexibility index (Phi) is 3.91. The van der Waals surface area contributed by atoms with Gasteiger partial charge in [0.1, 0.15) is 5.82 Å². The molecule has 1 aromatic heterocycles. The van der Waals surface area contributed by atoms with Gasteiger partial charge in [-0.2, -0.15) is 0 Å². The number of aromatic nitrogens is 2. The van der Waals surface area contributed by atoms with E-state index in [1.165, 1.54) is 24.1 Å². The van der Waals surface area contributed by atoms with Crippen LogP contribution >= 0.6 is 0 Å². The highest BCUT2D eigenvalue weighted by molar-refractivity contribution is 5.58. The number of anilines is 1. The molecule has 1 aliphatic carbocycles. The van der Waals surface area contributed by atoms with Crippen molar-refractivity contribution in [2.24, 2.45) is 5.92 Å². The molecule has 1 heterocycles. The van der Waals surface area contributed by atoms with E-state index in [1.54, 1.807) is 0 Å². The molecule has 110 valence electrons. The van der Waals surface area contributed by atoms with Gasteiger partial charge in [0.25, 0.3) is 0 Å². The molecule has 0 atom stereocenters. The van der Waals surface area contributed by atoms with Crippen molar-refractivity contribution in [3.8, 4) is 11.4 Å². The highest BCUT2D eigenvalue weighted by atomic mass is 15.0. The summed E-state index contributed by atoms with van der Waals surface area (Å²) in [5.74, 6) is 3.06. The molecule has 0 spiro atoms. The summed E-state index contributed by atoms with van der Waals surface area (Å²) in [6.45, 7) is 4.49. The van der Waals surface area contributed by atoms with Crippen molar-refractivity contribution >= 4 is 5.82 Å². The molecule has 1 N–H and O–H groups in total. The van der Waals surface area contributed by atoms with E-state index < -0.39 is 0 Å². The van der Waals surface area contributed by atoms with E-state index in [4.69, 9.17) is 4.98 Å². The van der Waals surface area contributed by atoms with Crippen molar-refractivity contribution in [3.05, 3.63) is 41.6 Å². The smallest absolute Gasteiger partial charge is 0.161 e. The fraction of sp³-hybridized carbons (Fsp3) is 0.444. The zero-order chi connectivity index (χ0) is 14.8. The van der Waals surface area contributed by atoms with Crippen molar-refractivity contribution < 1.29 is 0 Å². The standard InChI is InChI=1S/C18H23N3/c1-12(2)10-13-4-6-15(7-5-13)18-20-16(14-8-9-14)11-17(19-3)21-18/h4-7,11-12,14H,8-10H2,1-3H3,(H,19,20,21). The third-order valence-corrected chi connectivity index (χ3v) is 3.85. The summed E-state index contributed by atoms with van der Waals surface area (Å²) in [5.41, 5.74) is 3.65. The van der Waals surface area contributed by atoms with Crippen molar-refractivity contribution in [1.82, 2.24) is 9.97 Å². The fourth-order valence-electron chi connectivity index (χ4n) is 2.57. The number of hydrogen-bond donors (Lipinski definition) is 1. The second kappa shape index (κ2) is 5.84. The topological polar surface area (TPSA) is 37.8 Å². The van der Waals surface area contributed by atoms with Gasteiger partial charge in [-0.05, 0) is 30.7 Å². The Morgan fingerprint density at radius 2 is 1.86 bits per heavy atom. The maximum Gasteiger partial charge on any atom is 0.161 e. The second-order valence-electron chi connectivity index (χ2n) is 6.32. The number of nitrogens with zero attached hydrogens (tertiary/aromatic N) is 2. The molecule has 3 nitrogen and oxygen atoms in total. The second-order valence-corrected chi connectivity index (χ2v) is 6.32. The molecule has 21 heavy (non-hydrogen) atoms. The molecule has 0 amide bonds. The Morgan fingerprint density at radius 3 is 2.43 bits per heavy atom. The summed E-state index contributed by atoms with van der Waals surface area (Å²) in [5, 5.41) is 3.15. The lowest BCUT2D eigenvalue weighted by atomic mass is 10.0. The number of benzene rings is 1. The van der Waals surface area contributed by atoms with Crippen molar-refractivity contribution in [2.75, 3.05) is 12.4 Å². The van der Waals surface area contributed by atoms with Crippen LogP contribution < -0.4 is 5.32 Å². The zero-order valence-corrected chi connectivity index (χ0v) is 13.1. The van der Waals surface area contributed by atoms with Crippen LogP contribution in [0, 0.1) is 5.92 Å². The Labute approximate surface area is 126 Å². The molecule has 1 aliphatic rings. The third kappa shape index (κ3) is 3.41. The molecule has 2 aromatic rings. The van der Waals surface area contributed by atoms with Crippen LogP contribution in [0.5, 0.6) is 0 Å². The minimum absolute atomic E-state index is 0.638. The average molecular weight is 281 g/mol. The van der Waals surface area contributed by atoms with Gasteiger partial charge in [0.05, 0.1) is 0 Å². The summed E-state index contributed by atoms with van der Waals surface area (Å²) in [7, 11) is 1.91. The van der Waals surface area contributed by atoms with Gasteiger partial charge >= 0.3 is 0 Å². The summed E-state index contributed by atoms with van der Waals surface area (Å²) >= 11 is 0. The molecule has 0 aliphatic heterocycles. The van der Waals surface area contributed by atoms with Gasteiger partial charge < -0.3 is 5.32 Å². The van der Waals surface area contributed by atoms with Gasteiger partial charge in [-0.15, -0.1) is 0 Å². The van der Waals surface area contributed by atoms with Crippen LogP contribution in [0.1, 0.15) is 43.9 Å². The first-order chi connectivity index (χ1) is 10.2. The monoisotopic (exact) mass is 281 g/mol. The van der Waals surface area contributed by atoms with E-state index in [-0.39, 0.29) is 0 Å². The molecule has 1 fully saturated rings. The lowest BCUT2D eigenvalue weighted by molar-refractivity contribution is 0.647. The average Bonchev–Trinajstić information content (AvgIpc) is 3.31. The summed E-state index contributed by atoms with van der Waals surface area (Å²) < 4.78 is 0. The molecular formula is C18H23N3. The van der Waals surface area contributed by atoms with E-state index in [1.807, 2.05) is 7.05 Å². The molecule has 3 heteroatoms. The van der Waals surface area contributed by atoms with Gasteiger partial charge in [-0.25, -0.2) is 9.97 Å². The number of nitrogens with one attached hydrogen (secondary N) is 1. The van der Waals surface area contributed by atoms with Gasteiger partial charge in [0, 0.05) is 30.3 Å². The van der Waals surface area contributed by atoms with Gasteiger partial charge in [-0.1, -0.05) is 38.1 Å². The predicted molar refractivity (Wildman–Crippen MR) is 87.5 cm³/mol. The normalized spacial score (nSPS) is 14.5. The molecular weight excluding hydrogens is 258 g/mol. The molecule has 0 saturated heterocycles. The van der Waals surface area contributed by atoms with Gasteiger partial charge in [-0.3, -0.25) is 0 Å². The highest BCUT2D eigenvalue weighted by Crippen LogP contribution is 2.40. The third-order valence-electron chi connectivity index (χ3n) is 3.85. The summed E-state index contributed by atoms with van der Waals surface area (Å²) in [6.07, 6.45) is 3.63. The van der Waals surface area contributed by atoms with Crippen LogP contribution in [0.4, 0.5) is 5.82 Å². The summed E-state index contributed by atoms with van der Waals surface area (Å²) in [4.78, 5) is 9.35. The first-order valence-electron chi connectivity index (χ1n) is 7.81. The molecule has 0 unspecified atom stereocenters. The van der Waals surface area contributed by atoms with Crippen molar-refractivity contribution in [1.29, 1.82) is 0 Å². The van der Waals surface area contributed by atoms with E-state index in [2.05, 4.69) is 54.5 Å². The van der Waals surface area contributed by atoms with Gasteiger partial charge in [0.15, 0.2) is 5.82 Å². The summed E-state index contributed by atoms with van der Waals surface area (Å²) in [6, 6.07) is 10.8. The molecule has 0 bridgehead atoms. The molecule has 1 saturated carbocycles. The Balaban J connectivity index is 1.90. The minimum Gasteiger partial charge on any atom is -0.373 e. The van der Waals surface area contributed by atoms with Gasteiger partial charge in [0.2, 0.25) is 0 Å². The number of hydrogen-bond acceptors (Lipinski definition) is 3. The first-order valence-corrected chi connectivity index (χ1v) is 7.81. The zero-order valence-electron chi connectivity index (χ0n) is 13.1. The van der Waals surface area contributed by atoms with E-state index in [0.29, 0.717) is 11.8 Å². The van der Waals surface area contributed by atoms with E-state index in [0.717, 1.165) is 23.6 Å². The van der Waals surface area contributed by atoms with Crippen LogP contribution in [0.15, 0.2) is 30.3 Å². The first kappa shape index (κ1) is 14.1. The number of rotatable bonds is 5. The molecule has 0 radical (unpaired) electrons. The lowest BCUT2D eigenvalue weighted by Crippen LogP contribution is -2.00. The highest BCUT2D eigenvalue weighted by Gasteiger charge is 2.26. The predicted octanol–water partition coefficient (Wildman–Crippen LogP) is 4.26. The quantitative estimate of drug-likeness (QED) is 0.889. The largest absolute Gasteiger partial charge is 0.373 e. The maximum absolute atomic E-state index is 4.75. The van der Waals surface area contributed by atoms with Crippen LogP contribution in [0.2, 0.25) is 0 Å². The van der Waals surface area contributed by atoms with Crippen LogP contribution in [-0.4, -0.2) is 17.0 Å². The van der Waals surface area contributed by atoms with Crippen LogP contribution in [0.3, 0.4) is 0 Å². The maximum atomic E-state index is 4.75. The van der Waals surface area contributed by atoms with Crippen molar-refractivity contribution in [3.63, 3.8) is 0 Å². The Morgan fingerprint density at radius 1 is 1.14 bits per heavy atom. The lowest BCUT2D eigenvalue weighted by Gasteiger charge is -2.09. The van der Waals surface area contributed by atoms with Crippen LogP contribution in [-0.2, 0) is 6.42 Å². The fourth-order valence-corrected chi connectivity index (χ4v) is 2.57. The van der Waals surface area contributed by atoms with Crippen LogP contribution in [0.25, 0.3) is 11.4 Å². The minimum atomic E-state index is 0.638. The Hall–Kier alpha value is -1.90. The van der Waals surface area contributed by atoms with Crippen molar-refractivity contribution in [2.45, 2.75) is 39.0 Å². The SMILES string of the molecule is CNc1cc(C2CC2)nc(-c2ccc(CC(C)C)cc2)n1.